The highest BCUT2D eigenvalue weighted by molar-refractivity contribution is 5.35. The second kappa shape index (κ2) is 7.25. The molecule has 0 aromatic heterocycles. The van der Waals surface area contributed by atoms with Crippen molar-refractivity contribution < 1.29 is 14.4 Å². The van der Waals surface area contributed by atoms with Gasteiger partial charge in [-0.3, -0.25) is 4.90 Å². The Bertz CT molecular complexity index is 278. The first-order valence-electron chi connectivity index (χ1n) is 5.97. The molecule has 3 nitrogen and oxygen atoms in total. The Morgan fingerprint density at radius 3 is 2.12 bits per heavy atom. The van der Waals surface area contributed by atoms with Crippen LogP contribution in [0.2, 0.25) is 0 Å². The fourth-order valence-electron chi connectivity index (χ4n) is 1.73. The van der Waals surface area contributed by atoms with E-state index in [4.69, 9.17) is 9.47 Å². The molecule has 1 saturated heterocycles. The van der Waals surface area contributed by atoms with E-state index in [2.05, 4.69) is 12.1 Å². The molecule has 0 atom stereocenters. The number of hydrogen-bond donors (Lipinski definition) is 1. The fraction of sp³-hybridized carbons (Fsp3) is 0.538. The van der Waals surface area contributed by atoms with Gasteiger partial charge in [0, 0.05) is 12.1 Å². The van der Waals surface area contributed by atoms with Crippen molar-refractivity contribution in [2.24, 2.45) is 0 Å². The fourth-order valence-corrected chi connectivity index (χ4v) is 1.73. The number of benzene rings is 1. The topological polar surface area (TPSA) is 22.9 Å². The zero-order valence-electron chi connectivity index (χ0n) is 10.5. The molecule has 1 aliphatic heterocycles. The van der Waals surface area contributed by atoms with Gasteiger partial charge in [-0.1, -0.05) is 13.8 Å². The third-order valence-corrected chi connectivity index (χ3v) is 2.59. The Balaban J connectivity index is 0.000000606. The van der Waals surface area contributed by atoms with Crippen LogP contribution in [0.1, 0.15) is 13.8 Å². The van der Waals surface area contributed by atoms with Gasteiger partial charge in [-0.2, -0.15) is 0 Å². The van der Waals surface area contributed by atoms with E-state index in [-0.39, 0.29) is 0 Å². The standard InChI is InChI=1S/C11H15NO2.C2H6/c1-13-11-4-2-10(3-5-11)12-6-8-14-9-7-12;1-2/h2-5H,6-9H2,1H3;1-2H3/p+1. The van der Waals surface area contributed by atoms with Gasteiger partial charge in [0.1, 0.15) is 24.5 Å². The predicted molar refractivity (Wildman–Crippen MR) is 65.5 cm³/mol. The zero-order valence-corrected chi connectivity index (χ0v) is 10.5. The van der Waals surface area contributed by atoms with Crippen molar-refractivity contribution in [3.8, 4) is 5.75 Å². The minimum Gasteiger partial charge on any atom is -0.497 e. The Hall–Kier alpha value is -1.06. The maximum absolute atomic E-state index is 5.32. The summed E-state index contributed by atoms with van der Waals surface area (Å²) in [7, 11) is 1.69. The molecular formula is C13H22NO2+. The smallest absolute Gasteiger partial charge is 0.131 e. The van der Waals surface area contributed by atoms with Crippen molar-refractivity contribution >= 4 is 5.69 Å². The zero-order chi connectivity index (χ0) is 11.8. The third kappa shape index (κ3) is 3.51. The van der Waals surface area contributed by atoms with Crippen molar-refractivity contribution in [1.82, 2.24) is 0 Å². The van der Waals surface area contributed by atoms with Crippen molar-refractivity contribution in [3.63, 3.8) is 0 Å². The van der Waals surface area contributed by atoms with Gasteiger partial charge in [0.2, 0.25) is 0 Å². The van der Waals surface area contributed by atoms with Gasteiger partial charge >= 0.3 is 0 Å². The molecule has 0 aliphatic carbocycles. The molecule has 3 heteroatoms. The van der Waals surface area contributed by atoms with Crippen molar-refractivity contribution in [2.45, 2.75) is 13.8 Å². The number of ether oxygens (including phenoxy) is 2. The highest BCUT2D eigenvalue weighted by atomic mass is 16.5. The quantitative estimate of drug-likeness (QED) is 0.817. The lowest BCUT2D eigenvalue weighted by Crippen LogP contribution is -3.09. The van der Waals surface area contributed by atoms with Gasteiger partial charge in [-0.05, 0) is 12.1 Å². The molecule has 1 fully saturated rings. The van der Waals surface area contributed by atoms with E-state index in [1.54, 1.807) is 7.11 Å². The van der Waals surface area contributed by atoms with E-state index < -0.39 is 0 Å². The molecule has 0 amide bonds. The van der Waals surface area contributed by atoms with E-state index >= 15 is 0 Å². The molecule has 1 N–H and O–H groups in total. The molecule has 1 aliphatic rings. The van der Waals surface area contributed by atoms with Crippen LogP contribution in [-0.2, 0) is 4.74 Å². The van der Waals surface area contributed by atoms with E-state index in [0.29, 0.717) is 0 Å². The minimum absolute atomic E-state index is 0.862. The summed E-state index contributed by atoms with van der Waals surface area (Å²) in [5.74, 6) is 0.918. The highest BCUT2D eigenvalue weighted by Crippen LogP contribution is 2.12. The molecule has 0 spiro atoms. The summed E-state index contributed by atoms with van der Waals surface area (Å²) in [6.07, 6.45) is 0. The van der Waals surface area contributed by atoms with Gasteiger partial charge < -0.3 is 9.47 Å². The van der Waals surface area contributed by atoms with Crippen LogP contribution < -0.4 is 9.64 Å². The van der Waals surface area contributed by atoms with Crippen LogP contribution in [0.25, 0.3) is 0 Å². The van der Waals surface area contributed by atoms with Crippen molar-refractivity contribution in [2.75, 3.05) is 33.4 Å². The normalized spacial score (nSPS) is 16.2. The predicted octanol–water partition coefficient (Wildman–Crippen LogP) is 1.27. The number of hydrogen-bond acceptors (Lipinski definition) is 2. The molecule has 0 unspecified atom stereocenters. The van der Waals surface area contributed by atoms with E-state index in [9.17, 15) is 0 Å². The molecule has 90 valence electrons. The SMILES string of the molecule is CC.COc1ccc([NH+]2CCOCC2)cc1. The van der Waals surface area contributed by atoms with Crippen LogP contribution in [0.15, 0.2) is 24.3 Å². The number of morpholine rings is 1. The monoisotopic (exact) mass is 224 g/mol. The minimum atomic E-state index is 0.862. The highest BCUT2D eigenvalue weighted by Gasteiger charge is 2.15. The maximum atomic E-state index is 5.32. The Kier molecular flexibility index (Phi) is 5.90. The summed E-state index contributed by atoms with van der Waals surface area (Å²) in [5.41, 5.74) is 1.33. The number of methoxy groups -OCH3 is 1. The summed E-state index contributed by atoms with van der Waals surface area (Å²) >= 11 is 0. The van der Waals surface area contributed by atoms with Crippen LogP contribution in [0, 0.1) is 0 Å². The van der Waals surface area contributed by atoms with Crippen LogP contribution in [0.4, 0.5) is 5.69 Å². The number of quaternary nitrogens is 1. The first-order chi connectivity index (χ1) is 7.90. The molecule has 1 aromatic carbocycles. The summed E-state index contributed by atoms with van der Waals surface area (Å²) in [5, 5.41) is 0. The molecular weight excluding hydrogens is 202 g/mol. The lowest BCUT2D eigenvalue weighted by atomic mass is 10.2. The van der Waals surface area contributed by atoms with E-state index in [1.165, 1.54) is 10.6 Å². The molecule has 16 heavy (non-hydrogen) atoms. The summed E-state index contributed by atoms with van der Waals surface area (Å²) in [6, 6.07) is 8.27. The van der Waals surface area contributed by atoms with Crippen molar-refractivity contribution in [1.29, 1.82) is 0 Å². The first-order valence-corrected chi connectivity index (χ1v) is 5.97. The number of nitrogens with one attached hydrogen (secondary N) is 1. The van der Waals surface area contributed by atoms with Gasteiger partial charge in [0.15, 0.2) is 0 Å². The molecule has 2 rings (SSSR count). The molecule has 0 radical (unpaired) electrons. The van der Waals surface area contributed by atoms with Crippen LogP contribution in [-0.4, -0.2) is 33.4 Å². The second-order valence-corrected chi connectivity index (χ2v) is 3.44. The lowest BCUT2D eigenvalue weighted by Gasteiger charge is -2.23. The summed E-state index contributed by atoms with van der Waals surface area (Å²) in [6.45, 7) is 7.85. The van der Waals surface area contributed by atoms with Crippen LogP contribution >= 0.6 is 0 Å². The Labute approximate surface area is 98.0 Å². The Morgan fingerprint density at radius 1 is 1.06 bits per heavy atom. The summed E-state index contributed by atoms with van der Waals surface area (Å²) in [4.78, 5) is 1.50. The number of rotatable bonds is 2. The van der Waals surface area contributed by atoms with Crippen molar-refractivity contribution in [3.05, 3.63) is 24.3 Å². The largest absolute Gasteiger partial charge is 0.497 e. The van der Waals surface area contributed by atoms with Crippen LogP contribution in [0.5, 0.6) is 5.75 Å². The van der Waals surface area contributed by atoms with Gasteiger partial charge in [-0.25, -0.2) is 0 Å². The molecule has 1 heterocycles. The van der Waals surface area contributed by atoms with Crippen LogP contribution in [0.3, 0.4) is 0 Å². The average molecular weight is 224 g/mol. The lowest BCUT2D eigenvalue weighted by molar-refractivity contribution is -0.842. The van der Waals surface area contributed by atoms with Gasteiger partial charge in [0.25, 0.3) is 0 Å². The second-order valence-electron chi connectivity index (χ2n) is 3.44. The molecule has 1 aromatic rings. The van der Waals surface area contributed by atoms with Gasteiger partial charge in [0.05, 0.1) is 20.3 Å². The summed E-state index contributed by atoms with van der Waals surface area (Å²) < 4.78 is 10.4. The Morgan fingerprint density at radius 2 is 1.62 bits per heavy atom. The van der Waals surface area contributed by atoms with Gasteiger partial charge in [-0.15, -0.1) is 0 Å². The maximum Gasteiger partial charge on any atom is 0.131 e. The molecule has 0 saturated carbocycles. The van der Waals surface area contributed by atoms with E-state index in [1.807, 2.05) is 26.0 Å². The third-order valence-electron chi connectivity index (χ3n) is 2.59. The first kappa shape index (κ1) is 13.0. The average Bonchev–Trinajstić information content (AvgIpc) is 2.42. The molecule has 0 bridgehead atoms. The van der Waals surface area contributed by atoms with E-state index in [0.717, 1.165) is 32.1 Å².